The normalized spacial score (nSPS) is 10.7. The highest BCUT2D eigenvalue weighted by Crippen LogP contribution is 2.29. The van der Waals surface area contributed by atoms with Crippen LogP contribution in [0.25, 0.3) is 0 Å². The molecule has 2 rings (SSSR count). The molecule has 0 N–H and O–H groups in total. The Morgan fingerprint density at radius 1 is 1.50 bits per heavy atom. The minimum atomic E-state index is -0.511. The third-order valence-corrected chi connectivity index (χ3v) is 3.58. The molecule has 0 saturated carbocycles. The maximum Gasteiger partial charge on any atom is 0.223 e. The fourth-order valence-corrected chi connectivity index (χ4v) is 2.69. The smallest absolute Gasteiger partial charge is 0.223 e. The van der Waals surface area contributed by atoms with Crippen molar-refractivity contribution in [2.24, 2.45) is 0 Å². The van der Waals surface area contributed by atoms with Crippen molar-refractivity contribution in [1.82, 2.24) is 19.3 Å². The van der Waals surface area contributed by atoms with Crippen LogP contribution in [0, 0.1) is 5.82 Å². The Labute approximate surface area is 104 Å². The molecule has 0 atom stereocenters. The SMILES string of the molecule is CCc1nsc(Sc2nc(Cl)ncc2F)n1. The van der Waals surface area contributed by atoms with Crippen LogP contribution in [0.3, 0.4) is 0 Å². The molecule has 8 heteroatoms. The molecule has 2 heterocycles. The van der Waals surface area contributed by atoms with E-state index in [9.17, 15) is 4.39 Å². The van der Waals surface area contributed by atoms with Crippen molar-refractivity contribution in [3.63, 3.8) is 0 Å². The van der Waals surface area contributed by atoms with Crippen molar-refractivity contribution >= 4 is 34.9 Å². The van der Waals surface area contributed by atoms with Crippen LogP contribution in [-0.4, -0.2) is 19.3 Å². The molecule has 0 radical (unpaired) electrons. The van der Waals surface area contributed by atoms with E-state index in [1.807, 2.05) is 6.92 Å². The molecule has 0 aliphatic rings. The van der Waals surface area contributed by atoms with E-state index >= 15 is 0 Å². The van der Waals surface area contributed by atoms with E-state index in [4.69, 9.17) is 11.6 Å². The van der Waals surface area contributed by atoms with Gasteiger partial charge in [-0.25, -0.2) is 19.3 Å². The number of aryl methyl sites for hydroxylation is 1. The summed E-state index contributed by atoms with van der Waals surface area (Å²) in [6.07, 6.45) is 1.80. The van der Waals surface area contributed by atoms with Crippen LogP contribution in [0.4, 0.5) is 4.39 Å². The molecule has 0 amide bonds. The van der Waals surface area contributed by atoms with Crippen molar-refractivity contribution in [3.05, 3.63) is 23.1 Å². The number of halogens is 2. The van der Waals surface area contributed by atoms with E-state index in [0.29, 0.717) is 4.34 Å². The lowest BCUT2D eigenvalue weighted by molar-refractivity contribution is 0.579. The topological polar surface area (TPSA) is 51.6 Å². The van der Waals surface area contributed by atoms with E-state index < -0.39 is 5.82 Å². The van der Waals surface area contributed by atoms with E-state index in [1.54, 1.807) is 0 Å². The van der Waals surface area contributed by atoms with Gasteiger partial charge in [-0.15, -0.1) is 0 Å². The Morgan fingerprint density at radius 3 is 3.00 bits per heavy atom. The van der Waals surface area contributed by atoms with Gasteiger partial charge in [0.1, 0.15) is 10.9 Å². The van der Waals surface area contributed by atoms with Gasteiger partial charge in [0.15, 0.2) is 10.2 Å². The predicted octanol–water partition coefficient (Wildman–Crippen LogP) is 2.83. The van der Waals surface area contributed by atoms with Crippen molar-refractivity contribution in [1.29, 1.82) is 0 Å². The molecule has 2 aromatic heterocycles. The van der Waals surface area contributed by atoms with E-state index in [0.717, 1.165) is 30.2 Å². The van der Waals surface area contributed by atoms with Crippen LogP contribution in [0.5, 0.6) is 0 Å². The van der Waals surface area contributed by atoms with Crippen molar-refractivity contribution in [3.8, 4) is 0 Å². The molecule has 4 nitrogen and oxygen atoms in total. The molecule has 0 unspecified atom stereocenters. The summed E-state index contributed by atoms with van der Waals surface area (Å²) < 4.78 is 18.0. The molecule has 2 aromatic rings. The van der Waals surface area contributed by atoms with Crippen LogP contribution in [0.2, 0.25) is 5.28 Å². The summed E-state index contributed by atoms with van der Waals surface area (Å²) in [6, 6.07) is 0. The molecule has 0 saturated heterocycles. The summed E-state index contributed by atoms with van der Waals surface area (Å²) in [5, 5.41) is 0.183. The zero-order valence-corrected chi connectivity index (χ0v) is 10.5. The van der Waals surface area contributed by atoms with Crippen molar-refractivity contribution in [2.75, 3.05) is 0 Å². The lowest BCUT2D eigenvalue weighted by Gasteiger charge is -1.97. The van der Waals surface area contributed by atoms with Crippen molar-refractivity contribution < 1.29 is 4.39 Å². The summed E-state index contributed by atoms with van der Waals surface area (Å²) in [7, 11) is 0. The van der Waals surface area contributed by atoms with Gasteiger partial charge in [-0.05, 0) is 34.9 Å². The Kier molecular flexibility index (Phi) is 3.67. The molecule has 16 heavy (non-hydrogen) atoms. The molecule has 0 aromatic carbocycles. The Hall–Kier alpha value is -0.790. The summed E-state index contributed by atoms with van der Waals surface area (Å²) in [4.78, 5) is 11.5. The van der Waals surface area contributed by atoms with Crippen LogP contribution in [0.1, 0.15) is 12.7 Å². The first-order valence-electron chi connectivity index (χ1n) is 4.37. The third kappa shape index (κ3) is 2.66. The Bertz CT molecular complexity index is 505. The quantitative estimate of drug-likeness (QED) is 0.637. The fourth-order valence-electron chi connectivity index (χ4n) is 0.908. The second-order valence-corrected chi connectivity index (χ2v) is 5.05. The summed E-state index contributed by atoms with van der Waals surface area (Å²) in [5.74, 6) is 0.232. The van der Waals surface area contributed by atoms with Crippen LogP contribution in [0.15, 0.2) is 15.6 Å². The minimum Gasteiger partial charge on any atom is -0.223 e. The Morgan fingerprint density at radius 2 is 2.31 bits per heavy atom. The fraction of sp³-hybridized carbons (Fsp3) is 0.250. The van der Waals surface area contributed by atoms with Crippen molar-refractivity contribution in [2.45, 2.75) is 22.7 Å². The zero-order chi connectivity index (χ0) is 11.5. The number of nitrogens with zero attached hydrogens (tertiary/aromatic N) is 4. The number of aromatic nitrogens is 4. The predicted molar refractivity (Wildman–Crippen MR) is 60.4 cm³/mol. The number of hydrogen-bond acceptors (Lipinski definition) is 6. The molecular weight excluding hydrogens is 271 g/mol. The first kappa shape index (κ1) is 11.7. The minimum absolute atomic E-state index is 0.0177. The lowest BCUT2D eigenvalue weighted by Crippen LogP contribution is -1.90. The summed E-state index contributed by atoms with van der Waals surface area (Å²) in [5.41, 5.74) is 0. The monoisotopic (exact) mass is 276 g/mol. The Balaban J connectivity index is 2.22. The second-order valence-electron chi connectivity index (χ2n) is 2.72. The maximum absolute atomic E-state index is 13.3. The lowest BCUT2D eigenvalue weighted by atomic mass is 10.5. The average molecular weight is 277 g/mol. The van der Waals surface area contributed by atoms with Crippen LogP contribution < -0.4 is 0 Å². The molecular formula is C8H6ClFN4S2. The van der Waals surface area contributed by atoms with Gasteiger partial charge in [0.2, 0.25) is 5.28 Å². The summed E-state index contributed by atoms with van der Waals surface area (Å²) in [6.45, 7) is 1.96. The van der Waals surface area contributed by atoms with Gasteiger partial charge in [0.05, 0.1) is 6.20 Å². The molecule has 0 aliphatic carbocycles. The molecule has 84 valence electrons. The van der Waals surface area contributed by atoms with Gasteiger partial charge in [0.25, 0.3) is 0 Å². The maximum atomic E-state index is 13.3. The summed E-state index contributed by atoms with van der Waals surface area (Å²) >= 11 is 7.89. The first-order valence-corrected chi connectivity index (χ1v) is 6.34. The first-order chi connectivity index (χ1) is 7.69. The van der Waals surface area contributed by atoms with Gasteiger partial charge in [-0.3, -0.25) is 0 Å². The van der Waals surface area contributed by atoms with Crippen LogP contribution >= 0.6 is 34.9 Å². The van der Waals surface area contributed by atoms with Gasteiger partial charge < -0.3 is 0 Å². The molecule has 0 fully saturated rings. The largest absolute Gasteiger partial charge is 0.223 e. The highest BCUT2D eigenvalue weighted by atomic mass is 35.5. The van der Waals surface area contributed by atoms with Gasteiger partial charge in [-0.2, -0.15) is 4.37 Å². The number of rotatable bonds is 3. The highest BCUT2D eigenvalue weighted by Gasteiger charge is 2.11. The van der Waals surface area contributed by atoms with Gasteiger partial charge >= 0.3 is 0 Å². The molecule has 0 spiro atoms. The molecule has 0 aliphatic heterocycles. The van der Waals surface area contributed by atoms with E-state index in [2.05, 4.69) is 19.3 Å². The zero-order valence-electron chi connectivity index (χ0n) is 8.15. The molecule has 0 bridgehead atoms. The highest BCUT2D eigenvalue weighted by molar-refractivity contribution is 8.00. The van der Waals surface area contributed by atoms with Crippen LogP contribution in [-0.2, 0) is 6.42 Å². The third-order valence-electron chi connectivity index (χ3n) is 1.63. The second kappa shape index (κ2) is 5.03. The number of hydrogen-bond donors (Lipinski definition) is 0. The van der Waals surface area contributed by atoms with E-state index in [-0.39, 0.29) is 10.3 Å². The van der Waals surface area contributed by atoms with Gasteiger partial charge in [-0.1, -0.05) is 6.92 Å². The average Bonchev–Trinajstić information content (AvgIpc) is 2.71. The van der Waals surface area contributed by atoms with E-state index in [1.165, 1.54) is 11.5 Å². The standard InChI is InChI=1S/C8H6ClFN4S2/c1-2-5-12-8(16-14-5)15-6-4(10)3-11-7(9)13-6/h3H,2H2,1H3. The van der Waals surface area contributed by atoms with Gasteiger partial charge in [0, 0.05) is 6.42 Å².